The summed E-state index contributed by atoms with van der Waals surface area (Å²) < 4.78 is 2.48. The lowest BCUT2D eigenvalue weighted by atomic mass is 10.0. The molecule has 1 aromatic heterocycles. The van der Waals surface area contributed by atoms with Crippen LogP contribution in [0.2, 0.25) is 0 Å². The van der Waals surface area contributed by atoms with Crippen molar-refractivity contribution in [3.8, 4) is 0 Å². The fourth-order valence-corrected chi connectivity index (χ4v) is 3.76. The Morgan fingerprint density at radius 3 is 2.29 bits per heavy atom. The molecule has 1 aromatic carbocycles. The maximum Gasteiger partial charge on any atom is 0.331 e. The Kier molecular flexibility index (Phi) is 10.4. The van der Waals surface area contributed by atoms with Gasteiger partial charge in [0.15, 0.2) is 0 Å². The van der Waals surface area contributed by atoms with Crippen LogP contribution in [0.25, 0.3) is 0 Å². The van der Waals surface area contributed by atoms with E-state index in [9.17, 15) is 19.5 Å². The van der Waals surface area contributed by atoms with Crippen LogP contribution in [0.1, 0.15) is 77.3 Å². The van der Waals surface area contributed by atoms with Crippen molar-refractivity contribution in [2.75, 3.05) is 0 Å². The molecule has 0 spiro atoms. The number of nitrogens with zero attached hydrogens (tertiary/aromatic N) is 2. The van der Waals surface area contributed by atoms with Crippen molar-refractivity contribution >= 4 is 5.91 Å². The first-order valence-corrected chi connectivity index (χ1v) is 12.3. The quantitative estimate of drug-likeness (QED) is 0.396. The lowest BCUT2D eigenvalue weighted by molar-refractivity contribution is -0.124. The number of amides is 1. The lowest BCUT2D eigenvalue weighted by Gasteiger charge is -2.22. The molecule has 2 unspecified atom stereocenters. The Morgan fingerprint density at radius 1 is 1.03 bits per heavy atom. The van der Waals surface area contributed by atoms with Crippen LogP contribution < -0.4 is 22.0 Å². The van der Waals surface area contributed by atoms with Crippen LogP contribution in [0.4, 0.5) is 0 Å². The van der Waals surface area contributed by atoms with Crippen molar-refractivity contribution in [3.63, 3.8) is 0 Å². The highest BCUT2D eigenvalue weighted by molar-refractivity contribution is 5.78. The Hall–Kier alpha value is -2.75. The summed E-state index contributed by atoms with van der Waals surface area (Å²) in [5, 5.41) is 13.8. The molecule has 1 amide bonds. The number of aliphatic hydroxyl groups is 1. The monoisotopic (exact) mass is 488 g/mol. The molecule has 3 N–H and O–H groups in total. The number of carbonyl (C=O) groups is 1. The van der Waals surface area contributed by atoms with Crippen LogP contribution in [-0.2, 0) is 29.1 Å². The number of rotatable bonds is 12. The van der Waals surface area contributed by atoms with Crippen molar-refractivity contribution < 1.29 is 14.7 Å². The van der Waals surface area contributed by atoms with E-state index in [1.807, 2.05) is 45.0 Å². The molecule has 0 radical (unpaired) electrons. The minimum absolute atomic E-state index is 0.00334. The zero-order valence-corrected chi connectivity index (χ0v) is 21.9. The van der Waals surface area contributed by atoms with E-state index < -0.39 is 29.4 Å². The molecule has 3 atom stereocenters. The summed E-state index contributed by atoms with van der Waals surface area (Å²) in [4.78, 5) is 44.3. The standard InChI is InChI=1S/C26H40N4O5/c1-8-20-11-9-10-12-21(20)23(31)15-29-14-22(19(7)28-35-17(4)5)25(33)30(26(29)34)13-18(6)27-24(32)16(2)3/h9-12,14,16-19,23,28,31H,8,13,15H2,1-7H3,(H,27,32)/t18-,19?,23?/m0/s1. The Labute approximate surface area is 207 Å². The van der Waals surface area contributed by atoms with E-state index in [4.69, 9.17) is 4.84 Å². The van der Waals surface area contributed by atoms with Crippen LogP contribution in [0.5, 0.6) is 0 Å². The van der Waals surface area contributed by atoms with Gasteiger partial charge in [0.25, 0.3) is 5.56 Å². The molecule has 1 heterocycles. The summed E-state index contributed by atoms with van der Waals surface area (Å²) in [6.45, 7) is 12.8. The maximum absolute atomic E-state index is 13.4. The van der Waals surface area contributed by atoms with Gasteiger partial charge in [0.1, 0.15) is 0 Å². The number of carbonyl (C=O) groups excluding carboxylic acids is 1. The number of aromatic nitrogens is 2. The van der Waals surface area contributed by atoms with Gasteiger partial charge in [-0.05, 0) is 45.2 Å². The predicted octanol–water partition coefficient (Wildman–Crippen LogP) is 2.46. The topological polar surface area (TPSA) is 115 Å². The van der Waals surface area contributed by atoms with Gasteiger partial charge >= 0.3 is 5.69 Å². The van der Waals surface area contributed by atoms with Crippen LogP contribution >= 0.6 is 0 Å². The molecule has 0 aliphatic heterocycles. The number of aryl methyl sites for hydroxylation is 1. The first-order chi connectivity index (χ1) is 16.5. The summed E-state index contributed by atoms with van der Waals surface area (Å²) in [6.07, 6.45) is 1.19. The summed E-state index contributed by atoms with van der Waals surface area (Å²) in [6, 6.07) is 6.59. The zero-order valence-electron chi connectivity index (χ0n) is 21.9. The molecule has 0 saturated carbocycles. The molecular weight excluding hydrogens is 448 g/mol. The molecule has 9 heteroatoms. The summed E-state index contributed by atoms with van der Waals surface area (Å²) >= 11 is 0. The minimum atomic E-state index is -0.934. The number of aliphatic hydroxyl groups excluding tert-OH is 1. The smallest absolute Gasteiger partial charge is 0.331 e. The third-order valence-electron chi connectivity index (χ3n) is 5.74. The van der Waals surface area contributed by atoms with Gasteiger partial charge in [-0.15, -0.1) is 0 Å². The lowest BCUT2D eigenvalue weighted by Crippen LogP contribution is -2.48. The number of benzene rings is 1. The van der Waals surface area contributed by atoms with E-state index in [0.29, 0.717) is 5.56 Å². The number of hydrogen-bond acceptors (Lipinski definition) is 6. The van der Waals surface area contributed by atoms with Gasteiger partial charge in [0.2, 0.25) is 5.91 Å². The average molecular weight is 489 g/mol. The summed E-state index contributed by atoms with van der Waals surface area (Å²) in [5.74, 6) is -0.377. The second-order valence-electron chi connectivity index (χ2n) is 9.57. The first-order valence-electron chi connectivity index (χ1n) is 12.3. The van der Waals surface area contributed by atoms with Crippen molar-refractivity contribution in [2.24, 2.45) is 5.92 Å². The second-order valence-corrected chi connectivity index (χ2v) is 9.57. The average Bonchev–Trinajstić information content (AvgIpc) is 2.81. The molecule has 0 fully saturated rings. The molecule has 35 heavy (non-hydrogen) atoms. The van der Waals surface area contributed by atoms with E-state index in [0.717, 1.165) is 22.1 Å². The Bertz CT molecular complexity index is 1110. The SMILES string of the molecule is CCc1ccccc1C(O)Cn1cc(C(C)NOC(C)C)c(=O)n(C[C@H](C)NC(=O)C(C)C)c1=O. The predicted molar refractivity (Wildman–Crippen MR) is 136 cm³/mol. The molecular formula is C26H40N4O5. The third kappa shape index (κ3) is 7.62. The molecule has 0 aliphatic carbocycles. The van der Waals surface area contributed by atoms with Gasteiger partial charge in [-0.3, -0.25) is 23.6 Å². The van der Waals surface area contributed by atoms with E-state index in [1.165, 1.54) is 10.8 Å². The Balaban J connectivity index is 2.49. The summed E-state index contributed by atoms with van der Waals surface area (Å²) in [7, 11) is 0. The fraction of sp³-hybridized carbons (Fsp3) is 0.577. The normalized spacial score (nSPS) is 14.2. The van der Waals surface area contributed by atoms with Gasteiger partial charge < -0.3 is 10.4 Å². The molecule has 0 saturated heterocycles. The molecule has 0 aliphatic rings. The van der Waals surface area contributed by atoms with Crippen molar-refractivity contribution in [1.82, 2.24) is 19.9 Å². The number of hydroxylamine groups is 1. The first kappa shape index (κ1) is 28.5. The largest absolute Gasteiger partial charge is 0.387 e. The summed E-state index contributed by atoms with van der Waals surface area (Å²) in [5.41, 5.74) is 3.90. The van der Waals surface area contributed by atoms with Gasteiger partial charge in [-0.1, -0.05) is 45.0 Å². The number of hydrogen-bond donors (Lipinski definition) is 3. The van der Waals surface area contributed by atoms with Crippen molar-refractivity contribution in [2.45, 2.75) is 92.3 Å². The van der Waals surface area contributed by atoms with Crippen molar-refractivity contribution in [3.05, 3.63) is 68.0 Å². The Morgan fingerprint density at radius 2 is 1.69 bits per heavy atom. The minimum Gasteiger partial charge on any atom is -0.387 e. The highest BCUT2D eigenvalue weighted by Gasteiger charge is 2.21. The van der Waals surface area contributed by atoms with Crippen LogP contribution in [0, 0.1) is 5.92 Å². The molecule has 2 aromatic rings. The van der Waals surface area contributed by atoms with Gasteiger partial charge in [0, 0.05) is 18.2 Å². The van der Waals surface area contributed by atoms with Gasteiger partial charge in [-0.25, -0.2) is 4.79 Å². The van der Waals surface area contributed by atoms with E-state index in [2.05, 4.69) is 10.8 Å². The highest BCUT2D eigenvalue weighted by Crippen LogP contribution is 2.20. The van der Waals surface area contributed by atoms with Gasteiger partial charge in [-0.2, -0.15) is 5.48 Å². The van der Waals surface area contributed by atoms with Crippen molar-refractivity contribution in [1.29, 1.82) is 0 Å². The van der Waals surface area contributed by atoms with Gasteiger partial charge in [0.05, 0.1) is 36.9 Å². The third-order valence-corrected chi connectivity index (χ3v) is 5.74. The fourth-order valence-electron chi connectivity index (χ4n) is 3.76. The zero-order chi connectivity index (χ0) is 26.3. The molecule has 0 bridgehead atoms. The molecule has 2 rings (SSSR count). The highest BCUT2D eigenvalue weighted by atomic mass is 16.7. The van der Waals surface area contributed by atoms with E-state index in [-0.39, 0.29) is 31.0 Å². The second kappa shape index (κ2) is 12.8. The molecule has 194 valence electrons. The van der Waals surface area contributed by atoms with Crippen LogP contribution in [-0.4, -0.2) is 32.3 Å². The molecule has 9 nitrogen and oxygen atoms in total. The van der Waals surface area contributed by atoms with E-state index >= 15 is 0 Å². The number of nitrogens with one attached hydrogen (secondary N) is 2. The van der Waals surface area contributed by atoms with Crippen LogP contribution in [0.3, 0.4) is 0 Å². The van der Waals surface area contributed by atoms with Crippen LogP contribution in [0.15, 0.2) is 40.1 Å². The maximum atomic E-state index is 13.4. The van der Waals surface area contributed by atoms with E-state index in [1.54, 1.807) is 27.7 Å².